The molecule has 1 aliphatic rings. The Morgan fingerprint density at radius 3 is 2.50 bits per heavy atom. The van der Waals surface area contributed by atoms with Crippen molar-refractivity contribution in [1.82, 2.24) is 5.32 Å². The molecule has 0 radical (unpaired) electrons. The van der Waals surface area contributed by atoms with Gasteiger partial charge in [0.15, 0.2) is 0 Å². The first kappa shape index (κ1) is 12.6. The first-order valence-electron chi connectivity index (χ1n) is 5.85. The lowest BCUT2D eigenvalue weighted by Crippen LogP contribution is -2.48. The smallest absolute Gasteiger partial charge is 0.336 e. The molecule has 1 heterocycles. The molecule has 0 spiro atoms. The zero-order valence-electron chi connectivity index (χ0n) is 10.4. The average molecular weight is 248 g/mol. The van der Waals surface area contributed by atoms with Crippen LogP contribution in [0.1, 0.15) is 21.5 Å². The fourth-order valence-corrected chi connectivity index (χ4v) is 1.87. The van der Waals surface area contributed by atoms with Crippen LogP contribution < -0.4 is 10.6 Å². The Bertz CT molecular complexity index is 507. The highest BCUT2D eigenvalue weighted by Gasteiger charge is 2.25. The SMILES string of the molecule is Cc1cc(NC(=O)C2CNC2)cc(C(=O)O)c1C. The molecule has 18 heavy (non-hydrogen) atoms. The normalized spacial score (nSPS) is 15.0. The number of rotatable bonds is 3. The van der Waals surface area contributed by atoms with Crippen LogP contribution >= 0.6 is 0 Å². The van der Waals surface area contributed by atoms with Gasteiger partial charge in [0.05, 0.1) is 11.5 Å². The largest absolute Gasteiger partial charge is 0.478 e. The molecule has 1 amide bonds. The summed E-state index contributed by atoms with van der Waals surface area (Å²) in [5, 5.41) is 14.9. The Morgan fingerprint density at radius 2 is 2.00 bits per heavy atom. The minimum Gasteiger partial charge on any atom is -0.478 e. The fourth-order valence-electron chi connectivity index (χ4n) is 1.87. The molecule has 1 fully saturated rings. The van der Waals surface area contributed by atoms with Crippen LogP contribution in [0.15, 0.2) is 12.1 Å². The third-order valence-electron chi connectivity index (χ3n) is 3.32. The van der Waals surface area contributed by atoms with E-state index in [4.69, 9.17) is 5.11 Å². The van der Waals surface area contributed by atoms with Crippen molar-refractivity contribution in [3.8, 4) is 0 Å². The maximum atomic E-state index is 11.8. The quantitative estimate of drug-likeness (QED) is 0.750. The fraction of sp³-hybridized carbons (Fsp3) is 0.385. The van der Waals surface area contributed by atoms with Crippen molar-refractivity contribution in [2.24, 2.45) is 5.92 Å². The van der Waals surface area contributed by atoms with Gasteiger partial charge < -0.3 is 15.7 Å². The molecule has 2 rings (SSSR count). The summed E-state index contributed by atoms with van der Waals surface area (Å²) >= 11 is 0. The summed E-state index contributed by atoms with van der Waals surface area (Å²) < 4.78 is 0. The number of hydrogen-bond acceptors (Lipinski definition) is 3. The molecular weight excluding hydrogens is 232 g/mol. The Labute approximate surface area is 105 Å². The van der Waals surface area contributed by atoms with Crippen LogP contribution in [0.4, 0.5) is 5.69 Å². The molecule has 5 heteroatoms. The number of aryl methyl sites for hydroxylation is 1. The van der Waals surface area contributed by atoms with Crippen molar-refractivity contribution in [3.63, 3.8) is 0 Å². The predicted octanol–water partition coefficient (Wildman–Crippen LogP) is 1.16. The molecule has 0 bridgehead atoms. The van der Waals surface area contributed by atoms with Gasteiger partial charge in [0, 0.05) is 18.8 Å². The maximum Gasteiger partial charge on any atom is 0.336 e. The highest BCUT2D eigenvalue weighted by atomic mass is 16.4. The lowest BCUT2D eigenvalue weighted by atomic mass is 10.0. The van der Waals surface area contributed by atoms with Crippen LogP contribution in [-0.4, -0.2) is 30.1 Å². The zero-order valence-corrected chi connectivity index (χ0v) is 10.4. The Morgan fingerprint density at radius 1 is 1.33 bits per heavy atom. The third kappa shape index (κ3) is 2.36. The lowest BCUT2D eigenvalue weighted by Gasteiger charge is -2.26. The minimum absolute atomic E-state index is 0.0140. The second-order valence-electron chi connectivity index (χ2n) is 4.62. The highest BCUT2D eigenvalue weighted by molar-refractivity contribution is 5.96. The van der Waals surface area contributed by atoms with Crippen molar-refractivity contribution >= 4 is 17.6 Å². The summed E-state index contributed by atoms with van der Waals surface area (Å²) in [5.74, 6) is -1.05. The number of anilines is 1. The van der Waals surface area contributed by atoms with Gasteiger partial charge >= 0.3 is 5.97 Å². The molecule has 0 atom stereocenters. The van der Waals surface area contributed by atoms with Crippen LogP contribution in [0.3, 0.4) is 0 Å². The number of hydrogen-bond donors (Lipinski definition) is 3. The Kier molecular flexibility index (Phi) is 3.34. The van der Waals surface area contributed by atoms with Crippen molar-refractivity contribution in [1.29, 1.82) is 0 Å². The topological polar surface area (TPSA) is 78.4 Å². The molecule has 0 unspecified atom stereocenters. The van der Waals surface area contributed by atoms with E-state index in [1.165, 1.54) is 6.07 Å². The number of carboxylic acid groups (broad SMARTS) is 1. The van der Waals surface area contributed by atoms with Crippen LogP contribution in [0.2, 0.25) is 0 Å². The van der Waals surface area contributed by atoms with Crippen LogP contribution in [0.25, 0.3) is 0 Å². The molecule has 3 N–H and O–H groups in total. The lowest BCUT2D eigenvalue weighted by molar-refractivity contribution is -0.121. The van der Waals surface area contributed by atoms with E-state index in [1.807, 2.05) is 6.92 Å². The van der Waals surface area contributed by atoms with E-state index in [0.717, 1.165) is 11.1 Å². The van der Waals surface area contributed by atoms with Gasteiger partial charge in [-0.2, -0.15) is 0 Å². The summed E-state index contributed by atoms with van der Waals surface area (Å²) in [5.41, 5.74) is 2.37. The molecule has 0 aliphatic carbocycles. The number of carbonyl (C=O) groups is 2. The van der Waals surface area contributed by atoms with Crippen LogP contribution in [-0.2, 0) is 4.79 Å². The highest BCUT2D eigenvalue weighted by Crippen LogP contribution is 2.21. The molecular formula is C13H16N2O3. The van der Waals surface area contributed by atoms with E-state index in [9.17, 15) is 9.59 Å². The van der Waals surface area contributed by atoms with Gasteiger partial charge in [-0.15, -0.1) is 0 Å². The van der Waals surface area contributed by atoms with Gasteiger partial charge in [-0.05, 0) is 37.1 Å². The third-order valence-corrected chi connectivity index (χ3v) is 3.32. The number of benzene rings is 1. The van der Waals surface area contributed by atoms with Crippen molar-refractivity contribution < 1.29 is 14.7 Å². The number of amides is 1. The van der Waals surface area contributed by atoms with E-state index in [-0.39, 0.29) is 17.4 Å². The predicted molar refractivity (Wildman–Crippen MR) is 67.9 cm³/mol. The maximum absolute atomic E-state index is 11.8. The number of carboxylic acids is 1. The Hall–Kier alpha value is -1.88. The second kappa shape index (κ2) is 4.78. The summed E-state index contributed by atoms with van der Waals surface area (Å²) in [6.45, 7) is 4.97. The van der Waals surface area contributed by atoms with Gasteiger partial charge in [0.25, 0.3) is 0 Å². The second-order valence-corrected chi connectivity index (χ2v) is 4.62. The average Bonchev–Trinajstić information content (AvgIpc) is 2.19. The van der Waals surface area contributed by atoms with E-state index in [0.29, 0.717) is 18.8 Å². The monoisotopic (exact) mass is 248 g/mol. The summed E-state index contributed by atoms with van der Waals surface area (Å²) in [6.07, 6.45) is 0. The van der Waals surface area contributed by atoms with Crippen molar-refractivity contribution in [2.45, 2.75) is 13.8 Å². The van der Waals surface area contributed by atoms with Crippen molar-refractivity contribution in [3.05, 3.63) is 28.8 Å². The summed E-state index contributed by atoms with van der Waals surface area (Å²) in [4.78, 5) is 22.9. The zero-order chi connectivity index (χ0) is 13.3. The number of nitrogens with one attached hydrogen (secondary N) is 2. The number of carbonyl (C=O) groups excluding carboxylic acids is 1. The van der Waals surface area contributed by atoms with Crippen LogP contribution in [0.5, 0.6) is 0 Å². The number of aromatic carboxylic acids is 1. The molecule has 1 aliphatic heterocycles. The van der Waals surface area contributed by atoms with Gasteiger partial charge in [-0.1, -0.05) is 0 Å². The standard InChI is InChI=1S/C13H16N2O3/c1-7-3-10(4-11(8(7)2)13(17)18)15-12(16)9-5-14-6-9/h3-4,9,14H,5-6H2,1-2H3,(H,15,16)(H,17,18). The molecule has 96 valence electrons. The molecule has 0 aromatic heterocycles. The van der Waals surface area contributed by atoms with Gasteiger partial charge in [0.1, 0.15) is 0 Å². The van der Waals surface area contributed by atoms with E-state index in [2.05, 4.69) is 10.6 Å². The summed E-state index contributed by atoms with van der Waals surface area (Å²) in [6, 6.07) is 3.31. The minimum atomic E-state index is -0.975. The van der Waals surface area contributed by atoms with Gasteiger partial charge in [0.2, 0.25) is 5.91 Å². The van der Waals surface area contributed by atoms with Crippen molar-refractivity contribution in [2.75, 3.05) is 18.4 Å². The van der Waals surface area contributed by atoms with E-state index >= 15 is 0 Å². The van der Waals surface area contributed by atoms with E-state index < -0.39 is 5.97 Å². The first-order chi connectivity index (χ1) is 8.49. The molecule has 1 saturated heterocycles. The van der Waals surface area contributed by atoms with Crippen LogP contribution in [0, 0.1) is 19.8 Å². The Balaban J connectivity index is 2.22. The molecule has 1 aromatic carbocycles. The molecule has 5 nitrogen and oxygen atoms in total. The first-order valence-corrected chi connectivity index (χ1v) is 5.85. The van der Waals surface area contributed by atoms with E-state index in [1.54, 1.807) is 13.0 Å². The van der Waals surface area contributed by atoms with Gasteiger partial charge in [-0.3, -0.25) is 4.79 Å². The molecule has 1 aromatic rings. The molecule has 0 saturated carbocycles. The summed E-state index contributed by atoms with van der Waals surface area (Å²) in [7, 11) is 0. The van der Waals surface area contributed by atoms with Gasteiger partial charge in [-0.25, -0.2) is 4.79 Å².